The Bertz CT molecular complexity index is 377. The number of ether oxygens (including phenoxy) is 1. The van der Waals surface area contributed by atoms with E-state index in [2.05, 4.69) is 12.6 Å². The van der Waals surface area contributed by atoms with Crippen molar-refractivity contribution in [2.24, 2.45) is 0 Å². The highest BCUT2D eigenvalue weighted by Gasteiger charge is 2.10. The molecule has 0 aliphatic heterocycles. The Balaban J connectivity index is 3.11. The van der Waals surface area contributed by atoms with Crippen LogP contribution >= 0.6 is 12.6 Å². The van der Waals surface area contributed by atoms with E-state index in [1.807, 2.05) is 31.1 Å². The minimum Gasteiger partial charge on any atom is -0.465 e. The lowest BCUT2D eigenvalue weighted by molar-refractivity contribution is 0.0600. The number of thiol groups is 1. The molecule has 0 heterocycles. The highest BCUT2D eigenvalue weighted by Crippen LogP contribution is 2.21. The zero-order valence-corrected chi connectivity index (χ0v) is 10.8. The zero-order valence-electron chi connectivity index (χ0n) is 9.86. The van der Waals surface area contributed by atoms with Crippen molar-refractivity contribution < 1.29 is 9.53 Å². The number of anilines is 1. The van der Waals surface area contributed by atoms with Crippen molar-refractivity contribution in [1.29, 1.82) is 0 Å². The predicted octanol–water partition coefficient (Wildman–Crippen LogP) is 2.01. The molecular weight excluding hydrogens is 222 g/mol. The number of nitrogens with zero attached hydrogens (tertiary/aromatic N) is 1. The summed E-state index contributed by atoms with van der Waals surface area (Å²) in [6.45, 7) is 0. The molecule has 0 aliphatic carbocycles. The minimum absolute atomic E-state index is 0.300. The summed E-state index contributed by atoms with van der Waals surface area (Å²) in [5.74, 6) is 0.455. The van der Waals surface area contributed by atoms with Gasteiger partial charge in [-0.2, -0.15) is 12.6 Å². The van der Waals surface area contributed by atoms with Crippen LogP contribution < -0.4 is 4.90 Å². The maximum atomic E-state index is 11.4. The van der Waals surface area contributed by atoms with Gasteiger partial charge in [0.2, 0.25) is 0 Å². The number of benzene rings is 1. The predicted molar refractivity (Wildman–Crippen MR) is 69.7 cm³/mol. The lowest BCUT2D eigenvalue weighted by atomic mass is 10.1. The fraction of sp³-hybridized carbons (Fsp3) is 0.417. The van der Waals surface area contributed by atoms with Crippen LogP contribution in [-0.4, -0.2) is 32.9 Å². The van der Waals surface area contributed by atoms with Crippen LogP contribution in [0, 0.1) is 0 Å². The molecule has 16 heavy (non-hydrogen) atoms. The van der Waals surface area contributed by atoms with Gasteiger partial charge in [-0.25, -0.2) is 4.79 Å². The average molecular weight is 239 g/mol. The lowest BCUT2D eigenvalue weighted by Crippen LogP contribution is -2.13. The number of esters is 1. The van der Waals surface area contributed by atoms with Gasteiger partial charge in [-0.15, -0.1) is 0 Å². The van der Waals surface area contributed by atoms with Gasteiger partial charge >= 0.3 is 5.97 Å². The van der Waals surface area contributed by atoms with E-state index in [0.717, 1.165) is 23.4 Å². The molecule has 0 N–H and O–H groups in total. The number of carbonyl (C=O) groups excluding carboxylic acids is 1. The molecule has 0 saturated heterocycles. The number of carbonyl (C=O) groups is 1. The van der Waals surface area contributed by atoms with Crippen molar-refractivity contribution in [3.05, 3.63) is 29.3 Å². The van der Waals surface area contributed by atoms with Crippen molar-refractivity contribution in [3.63, 3.8) is 0 Å². The van der Waals surface area contributed by atoms with E-state index in [-0.39, 0.29) is 5.97 Å². The van der Waals surface area contributed by atoms with Crippen LogP contribution in [0.1, 0.15) is 15.9 Å². The van der Waals surface area contributed by atoms with Crippen molar-refractivity contribution in [3.8, 4) is 0 Å². The summed E-state index contributed by atoms with van der Waals surface area (Å²) in [4.78, 5) is 13.4. The van der Waals surface area contributed by atoms with Crippen LogP contribution in [0.2, 0.25) is 0 Å². The maximum absolute atomic E-state index is 11.4. The fourth-order valence-corrected chi connectivity index (χ4v) is 1.83. The molecule has 0 aliphatic rings. The Labute approximate surface area is 102 Å². The van der Waals surface area contributed by atoms with Gasteiger partial charge in [0, 0.05) is 19.8 Å². The summed E-state index contributed by atoms with van der Waals surface area (Å²) in [7, 11) is 5.35. The summed E-state index contributed by atoms with van der Waals surface area (Å²) < 4.78 is 4.70. The molecule has 1 aromatic carbocycles. The average Bonchev–Trinajstić information content (AvgIpc) is 2.28. The van der Waals surface area contributed by atoms with E-state index in [0.29, 0.717) is 5.56 Å². The molecule has 1 rings (SSSR count). The monoisotopic (exact) mass is 239 g/mol. The van der Waals surface area contributed by atoms with Crippen molar-refractivity contribution in [1.82, 2.24) is 0 Å². The van der Waals surface area contributed by atoms with Gasteiger partial charge in [0.1, 0.15) is 0 Å². The molecule has 1 aromatic rings. The molecular formula is C12H17NO2S. The Hall–Kier alpha value is -1.16. The molecule has 0 spiro atoms. The Morgan fingerprint density at radius 1 is 1.44 bits per heavy atom. The fourth-order valence-electron chi connectivity index (χ4n) is 1.59. The van der Waals surface area contributed by atoms with E-state index >= 15 is 0 Å². The molecule has 0 radical (unpaired) electrons. The lowest BCUT2D eigenvalue weighted by Gasteiger charge is -2.17. The normalized spacial score (nSPS) is 10.0. The van der Waals surface area contributed by atoms with Crippen LogP contribution in [0.3, 0.4) is 0 Å². The van der Waals surface area contributed by atoms with Crippen LogP contribution in [0.4, 0.5) is 5.69 Å². The summed E-state index contributed by atoms with van der Waals surface area (Å²) in [6, 6.07) is 5.59. The van der Waals surface area contributed by atoms with E-state index in [1.165, 1.54) is 7.11 Å². The van der Waals surface area contributed by atoms with E-state index in [1.54, 1.807) is 6.07 Å². The molecule has 0 unspecified atom stereocenters. The molecule has 3 nitrogen and oxygen atoms in total. The first-order valence-corrected chi connectivity index (χ1v) is 5.72. The molecule has 0 atom stereocenters. The molecule has 4 heteroatoms. The van der Waals surface area contributed by atoms with Crippen molar-refractivity contribution >= 4 is 24.3 Å². The Morgan fingerprint density at radius 2 is 2.12 bits per heavy atom. The van der Waals surface area contributed by atoms with Crippen LogP contribution in [0.15, 0.2) is 18.2 Å². The topological polar surface area (TPSA) is 29.5 Å². The van der Waals surface area contributed by atoms with Crippen LogP contribution in [0.25, 0.3) is 0 Å². The number of rotatable bonds is 4. The minimum atomic E-state index is -0.300. The van der Waals surface area contributed by atoms with Gasteiger partial charge in [0.25, 0.3) is 0 Å². The van der Waals surface area contributed by atoms with Gasteiger partial charge in [-0.3, -0.25) is 0 Å². The second-order valence-corrected chi connectivity index (χ2v) is 4.15. The van der Waals surface area contributed by atoms with Gasteiger partial charge in [0.05, 0.1) is 12.7 Å². The number of hydrogen-bond donors (Lipinski definition) is 1. The first kappa shape index (κ1) is 12.9. The molecule has 0 saturated carbocycles. The standard InChI is InChI=1S/C12H17NO2S/c1-13(2)11-5-4-10(12(14)15-3)8-9(11)6-7-16/h4-5,8,16H,6-7H2,1-3H3. The van der Waals surface area contributed by atoms with E-state index in [4.69, 9.17) is 4.74 Å². The zero-order chi connectivity index (χ0) is 12.1. The summed E-state index contributed by atoms with van der Waals surface area (Å²) in [5, 5.41) is 0. The summed E-state index contributed by atoms with van der Waals surface area (Å²) in [6.07, 6.45) is 0.835. The second-order valence-electron chi connectivity index (χ2n) is 3.70. The molecule has 0 amide bonds. The third-order valence-electron chi connectivity index (χ3n) is 2.36. The molecule has 0 aromatic heterocycles. The number of aryl methyl sites for hydroxylation is 1. The summed E-state index contributed by atoms with van der Waals surface area (Å²) >= 11 is 4.22. The van der Waals surface area contributed by atoms with Gasteiger partial charge < -0.3 is 9.64 Å². The van der Waals surface area contributed by atoms with Crippen molar-refractivity contribution in [2.75, 3.05) is 31.9 Å². The Morgan fingerprint density at radius 3 is 2.62 bits per heavy atom. The Kier molecular flexibility index (Phi) is 4.68. The quantitative estimate of drug-likeness (QED) is 0.644. The summed E-state index contributed by atoms with van der Waals surface area (Å²) in [5.41, 5.74) is 2.81. The van der Waals surface area contributed by atoms with Gasteiger partial charge in [-0.05, 0) is 35.9 Å². The SMILES string of the molecule is COC(=O)c1ccc(N(C)C)c(CCS)c1. The van der Waals surface area contributed by atoms with Gasteiger partial charge in [-0.1, -0.05) is 0 Å². The van der Waals surface area contributed by atoms with Gasteiger partial charge in [0.15, 0.2) is 0 Å². The smallest absolute Gasteiger partial charge is 0.337 e. The molecule has 0 fully saturated rings. The second kappa shape index (κ2) is 5.80. The first-order valence-electron chi connectivity index (χ1n) is 5.09. The third kappa shape index (κ3) is 2.92. The number of hydrogen-bond acceptors (Lipinski definition) is 4. The first-order chi connectivity index (χ1) is 7.60. The third-order valence-corrected chi connectivity index (χ3v) is 2.59. The van der Waals surface area contributed by atoms with E-state index in [9.17, 15) is 4.79 Å². The highest BCUT2D eigenvalue weighted by molar-refractivity contribution is 7.80. The van der Waals surface area contributed by atoms with Crippen molar-refractivity contribution in [2.45, 2.75) is 6.42 Å². The van der Waals surface area contributed by atoms with Crippen LogP contribution in [-0.2, 0) is 11.2 Å². The number of methoxy groups -OCH3 is 1. The molecule has 0 bridgehead atoms. The molecule has 88 valence electrons. The van der Waals surface area contributed by atoms with E-state index < -0.39 is 0 Å². The maximum Gasteiger partial charge on any atom is 0.337 e. The van der Waals surface area contributed by atoms with Crippen LogP contribution in [0.5, 0.6) is 0 Å². The largest absolute Gasteiger partial charge is 0.465 e. The highest BCUT2D eigenvalue weighted by atomic mass is 32.1.